The molecular weight excluding hydrogens is 425 g/mol. The maximum Gasteiger partial charge on any atom is 0.345 e. The molecule has 9 nitrogen and oxygen atoms in total. The zero-order chi connectivity index (χ0) is 21.1. The molecule has 11 heteroatoms. The van der Waals surface area contributed by atoms with E-state index in [1.54, 1.807) is 6.07 Å². The van der Waals surface area contributed by atoms with Gasteiger partial charge in [-0.05, 0) is 18.2 Å². The van der Waals surface area contributed by atoms with E-state index in [1.165, 1.54) is 36.4 Å². The van der Waals surface area contributed by atoms with Crippen LogP contribution in [0.15, 0.2) is 47.0 Å². The number of nitro benzene ring substituents is 1. The molecule has 0 aliphatic heterocycles. The van der Waals surface area contributed by atoms with Gasteiger partial charge in [0.25, 0.3) is 11.6 Å². The van der Waals surface area contributed by atoms with Crippen LogP contribution in [-0.4, -0.2) is 29.1 Å². The second-order valence-electron chi connectivity index (χ2n) is 5.55. The number of hydrogen-bond acceptors (Lipinski definition) is 7. The predicted molar refractivity (Wildman–Crippen MR) is 104 cm³/mol. The van der Waals surface area contributed by atoms with E-state index in [4.69, 9.17) is 32.5 Å². The van der Waals surface area contributed by atoms with Gasteiger partial charge in [0.05, 0.1) is 22.1 Å². The highest BCUT2D eigenvalue weighted by atomic mass is 35.5. The van der Waals surface area contributed by atoms with Crippen LogP contribution in [0.25, 0.3) is 11.3 Å². The molecule has 2 aromatic carbocycles. The van der Waals surface area contributed by atoms with Crippen LogP contribution in [0, 0.1) is 10.1 Å². The summed E-state index contributed by atoms with van der Waals surface area (Å²) in [5.41, 5.74) is -0.744. The topological polar surface area (TPSA) is 125 Å². The highest BCUT2D eigenvalue weighted by Gasteiger charge is 2.30. The van der Waals surface area contributed by atoms with Gasteiger partial charge in [-0.3, -0.25) is 20.2 Å². The average molecular weight is 436 g/mol. The van der Waals surface area contributed by atoms with Crippen molar-refractivity contribution in [1.29, 1.82) is 0 Å². The summed E-state index contributed by atoms with van der Waals surface area (Å²) in [4.78, 5) is 35.4. The standard InChI is InChI=1S/C18H11Cl2N3O6/c1-28-18(25)14-15(13-10(19)6-4-7-11(13)20)22-29-17(14)21-16(24)9-5-2-3-8-12(9)23(26)27/h2-8H,1H3,(H,21,24). The first-order chi connectivity index (χ1) is 13.8. The SMILES string of the molecule is COC(=O)c1c(-c2c(Cl)cccc2Cl)noc1NC(=O)c1ccccc1[N+](=O)[O-]. The fraction of sp³-hybridized carbons (Fsp3) is 0.0556. The number of amides is 1. The number of para-hydroxylation sites is 1. The number of nitro groups is 1. The molecule has 1 heterocycles. The minimum atomic E-state index is -0.880. The summed E-state index contributed by atoms with van der Waals surface area (Å²) in [5, 5.41) is 17.6. The Morgan fingerprint density at radius 3 is 2.41 bits per heavy atom. The van der Waals surface area contributed by atoms with Crippen molar-refractivity contribution >= 4 is 46.6 Å². The number of halogens is 2. The molecule has 3 aromatic rings. The quantitative estimate of drug-likeness (QED) is 0.352. The van der Waals surface area contributed by atoms with Crippen LogP contribution in [0.2, 0.25) is 10.0 Å². The predicted octanol–water partition coefficient (Wildman–Crippen LogP) is 4.60. The normalized spacial score (nSPS) is 10.4. The third kappa shape index (κ3) is 3.91. The summed E-state index contributed by atoms with van der Waals surface area (Å²) in [7, 11) is 1.13. The number of hydrogen-bond donors (Lipinski definition) is 1. The summed E-state index contributed by atoms with van der Waals surface area (Å²) >= 11 is 12.3. The molecule has 0 aliphatic carbocycles. The minimum absolute atomic E-state index is 0.0506. The molecule has 1 N–H and O–H groups in total. The number of nitrogens with zero attached hydrogens (tertiary/aromatic N) is 2. The second kappa shape index (κ2) is 8.29. The number of anilines is 1. The molecule has 0 spiro atoms. The van der Waals surface area contributed by atoms with Crippen molar-refractivity contribution in [2.24, 2.45) is 0 Å². The van der Waals surface area contributed by atoms with Gasteiger partial charge >= 0.3 is 5.97 Å². The van der Waals surface area contributed by atoms with Crippen LogP contribution in [0.1, 0.15) is 20.7 Å². The highest BCUT2D eigenvalue weighted by Crippen LogP contribution is 2.38. The number of ether oxygens (including phenoxy) is 1. The van der Waals surface area contributed by atoms with Gasteiger partial charge in [0, 0.05) is 11.6 Å². The van der Waals surface area contributed by atoms with Gasteiger partial charge < -0.3 is 9.26 Å². The van der Waals surface area contributed by atoms with Crippen LogP contribution >= 0.6 is 23.2 Å². The lowest BCUT2D eigenvalue weighted by atomic mass is 10.1. The minimum Gasteiger partial charge on any atom is -0.465 e. The lowest BCUT2D eigenvalue weighted by Crippen LogP contribution is -2.16. The van der Waals surface area contributed by atoms with Crippen LogP contribution in [0.3, 0.4) is 0 Å². The van der Waals surface area contributed by atoms with Crippen LogP contribution in [0.5, 0.6) is 0 Å². The number of nitrogens with one attached hydrogen (secondary N) is 1. The molecule has 148 valence electrons. The van der Waals surface area contributed by atoms with Gasteiger partial charge in [-0.1, -0.05) is 46.6 Å². The maximum absolute atomic E-state index is 12.6. The summed E-state index contributed by atoms with van der Waals surface area (Å²) in [5.74, 6) is -2.13. The van der Waals surface area contributed by atoms with E-state index in [0.717, 1.165) is 7.11 Å². The molecule has 3 rings (SSSR count). The fourth-order valence-electron chi connectivity index (χ4n) is 2.56. The van der Waals surface area contributed by atoms with Crippen LogP contribution < -0.4 is 5.32 Å². The Hall–Kier alpha value is -3.43. The lowest BCUT2D eigenvalue weighted by molar-refractivity contribution is -0.385. The third-order valence-corrected chi connectivity index (χ3v) is 4.48. The smallest absolute Gasteiger partial charge is 0.345 e. The number of aromatic nitrogens is 1. The highest BCUT2D eigenvalue weighted by molar-refractivity contribution is 6.39. The van der Waals surface area contributed by atoms with E-state index in [9.17, 15) is 19.7 Å². The summed E-state index contributed by atoms with van der Waals surface area (Å²) in [6.07, 6.45) is 0. The Morgan fingerprint density at radius 2 is 1.79 bits per heavy atom. The number of methoxy groups -OCH3 is 1. The van der Waals surface area contributed by atoms with E-state index in [-0.39, 0.29) is 38.3 Å². The first-order valence-corrected chi connectivity index (χ1v) is 8.67. The van der Waals surface area contributed by atoms with E-state index < -0.39 is 22.5 Å². The number of carbonyl (C=O) groups excluding carboxylic acids is 2. The molecule has 0 fully saturated rings. The number of carbonyl (C=O) groups is 2. The second-order valence-corrected chi connectivity index (χ2v) is 6.37. The molecule has 0 bridgehead atoms. The molecule has 0 radical (unpaired) electrons. The summed E-state index contributed by atoms with van der Waals surface area (Å²) in [6, 6.07) is 9.97. The van der Waals surface area contributed by atoms with Gasteiger partial charge in [0.1, 0.15) is 11.3 Å². The van der Waals surface area contributed by atoms with Gasteiger partial charge in [0.2, 0.25) is 5.88 Å². The van der Waals surface area contributed by atoms with Crippen molar-refractivity contribution < 1.29 is 23.8 Å². The molecule has 0 unspecified atom stereocenters. The van der Waals surface area contributed by atoms with Crippen molar-refractivity contribution in [2.45, 2.75) is 0 Å². The molecule has 0 aliphatic rings. The Kier molecular flexibility index (Phi) is 5.81. The summed E-state index contributed by atoms with van der Waals surface area (Å²) < 4.78 is 9.85. The summed E-state index contributed by atoms with van der Waals surface area (Å²) in [6.45, 7) is 0. The number of rotatable bonds is 5. The Labute approximate surface area is 173 Å². The number of benzene rings is 2. The molecule has 29 heavy (non-hydrogen) atoms. The zero-order valence-corrected chi connectivity index (χ0v) is 16.2. The fourth-order valence-corrected chi connectivity index (χ4v) is 3.13. The Bertz CT molecular complexity index is 1110. The van der Waals surface area contributed by atoms with Crippen molar-refractivity contribution in [3.05, 3.63) is 73.8 Å². The molecule has 1 amide bonds. The van der Waals surface area contributed by atoms with Crippen molar-refractivity contribution in [3.63, 3.8) is 0 Å². The number of esters is 1. The van der Waals surface area contributed by atoms with Gasteiger partial charge in [-0.15, -0.1) is 0 Å². The van der Waals surface area contributed by atoms with E-state index in [0.29, 0.717) is 0 Å². The average Bonchev–Trinajstić information content (AvgIpc) is 3.10. The zero-order valence-electron chi connectivity index (χ0n) is 14.6. The van der Waals surface area contributed by atoms with Crippen molar-refractivity contribution in [3.8, 4) is 11.3 Å². The van der Waals surface area contributed by atoms with Crippen LogP contribution in [-0.2, 0) is 4.74 Å². The molecular formula is C18H11Cl2N3O6. The Morgan fingerprint density at radius 1 is 1.14 bits per heavy atom. The van der Waals surface area contributed by atoms with Gasteiger partial charge in [0.15, 0.2) is 5.56 Å². The monoisotopic (exact) mass is 435 g/mol. The van der Waals surface area contributed by atoms with E-state index >= 15 is 0 Å². The first-order valence-electron chi connectivity index (χ1n) is 7.92. The van der Waals surface area contributed by atoms with E-state index in [1.807, 2.05) is 0 Å². The first kappa shape index (κ1) is 20.3. The van der Waals surface area contributed by atoms with Gasteiger partial charge in [-0.2, -0.15) is 0 Å². The molecule has 0 atom stereocenters. The van der Waals surface area contributed by atoms with Crippen molar-refractivity contribution in [1.82, 2.24) is 5.16 Å². The molecule has 0 saturated carbocycles. The van der Waals surface area contributed by atoms with Crippen LogP contribution in [0.4, 0.5) is 11.6 Å². The molecule has 0 saturated heterocycles. The molecule has 1 aromatic heterocycles. The van der Waals surface area contributed by atoms with Crippen molar-refractivity contribution in [2.75, 3.05) is 12.4 Å². The largest absolute Gasteiger partial charge is 0.465 e. The third-order valence-electron chi connectivity index (χ3n) is 3.85. The van der Waals surface area contributed by atoms with E-state index in [2.05, 4.69) is 10.5 Å². The maximum atomic E-state index is 12.6. The lowest BCUT2D eigenvalue weighted by Gasteiger charge is -2.07. The van der Waals surface area contributed by atoms with Gasteiger partial charge in [-0.25, -0.2) is 4.79 Å². The Balaban J connectivity index is 2.08.